The summed E-state index contributed by atoms with van der Waals surface area (Å²) in [5.41, 5.74) is 3.61. The Morgan fingerprint density at radius 2 is 1.85 bits per heavy atom. The number of hydrogen-bond donors (Lipinski definition) is 4. The molecule has 4 rings (SSSR count). The van der Waals surface area contributed by atoms with Crippen LogP contribution in [0.5, 0.6) is 17.2 Å². The zero-order valence-corrected chi connectivity index (χ0v) is 19.6. The summed E-state index contributed by atoms with van der Waals surface area (Å²) >= 11 is 1.30. The highest BCUT2D eigenvalue weighted by atomic mass is 35.5. The maximum atomic E-state index is 13.4. The van der Waals surface area contributed by atoms with Gasteiger partial charge in [-0.1, -0.05) is 12.1 Å². The highest BCUT2D eigenvalue weighted by molar-refractivity contribution is 7.99. The molecule has 0 saturated carbocycles. The van der Waals surface area contributed by atoms with Gasteiger partial charge in [0.25, 0.3) is 0 Å². The number of thioether (sulfide) groups is 1. The number of ether oxygens (including phenoxy) is 1. The van der Waals surface area contributed by atoms with Crippen molar-refractivity contribution in [3.05, 3.63) is 51.6 Å². The summed E-state index contributed by atoms with van der Waals surface area (Å²) in [5, 5.41) is 32.7. The first-order valence-electron chi connectivity index (χ1n) is 10.1. The van der Waals surface area contributed by atoms with Gasteiger partial charge in [0.15, 0.2) is 11.6 Å². The average molecular weight is 494 g/mol. The van der Waals surface area contributed by atoms with Gasteiger partial charge in [-0.05, 0) is 19.4 Å². The third-order valence-corrected chi connectivity index (χ3v) is 7.44. The number of fused-ring (bicyclic) bond motifs is 3. The standard InChI is InChI=1S/C23H23NO7S.ClH/c1-10(25)23(30)8-12-16(14(9-23)32-7-6-24)22(29)18-17(20(12)27)19(26)11-4-3-5-13(31-2)15(11)21(18)28;/h3-5,14,27,29-30H,6-9,24H2,1-2H3;1H/t14-,23-;/m0./s1. The summed E-state index contributed by atoms with van der Waals surface area (Å²) < 4.78 is 5.25. The number of phenols is 2. The largest absolute Gasteiger partial charge is 0.507 e. The Bertz CT molecular complexity index is 1180. The van der Waals surface area contributed by atoms with Crippen LogP contribution in [-0.2, 0) is 11.2 Å². The number of aliphatic hydroxyl groups is 1. The van der Waals surface area contributed by atoms with Crippen molar-refractivity contribution in [3.8, 4) is 17.2 Å². The lowest BCUT2D eigenvalue weighted by atomic mass is 9.73. The molecule has 0 heterocycles. The molecule has 2 aliphatic carbocycles. The molecule has 2 aromatic rings. The van der Waals surface area contributed by atoms with Crippen molar-refractivity contribution in [2.24, 2.45) is 5.73 Å². The maximum Gasteiger partial charge on any atom is 0.202 e. The van der Waals surface area contributed by atoms with E-state index < -0.39 is 39.7 Å². The van der Waals surface area contributed by atoms with Gasteiger partial charge in [0.05, 0.1) is 23.8 Å². The van der Waals surface area contributed by atoms with E-state index in [9.17, 15) is 29.7 Å². The number of carbonyl (C=O) groups is 3. The zero-order valence-electron chi connectivity index (χ0n) is 18.0. The van der Waals surface area contributed by atoms with E-state index in [-0.39, 0.29) is 64.4 Å². The van der Waals surface area contributed by atoms with Crippen LogP contribution in [0.15, 0.2) is 18.2 Å². The van der Waals surface area contributed by atoms with E-state index in [1.54, 1.807) is 6.07 Å². The maximum absolute atomic E-state index is 13.4. The number of nitrogens with two attached hydrogens (primary N) is 1. The van der Waals surface area contributed by atoms with Crippen LogP contribution >= 0.6 is 24.2 Å². The molecule has 176 valence electrons. The van der Waals surface area contributed by atoms with Gasteiger partial charge in [-0.25, -0.2) is 0 Å². The Hall–Kier alpha value is -2.59. The molecule has 0 bridgehead atoms. The molecule has 2 atom stereocenters. The summed E-state index contributed by atoms with van der Waals surface area (Å²) in [7, 11) is 1.37. The summed E-state index contributed by atoms with van der Waals surface area (Å²) in [5.74, 6) is -2.07. The van der Waals surface area contributed by atoms with Crippen molar-refractivity contribution in [1.29, 1.82) is 0 Å². The summed E-state index contributed by atoms with van der Waals surface area (Å²) in [6.07, 6.45) is -0.301. The first kappa shape index (κ1) is 25.0. The van der Waals surface area contributed by atoms with Crippen molar-refractivity contribution in [1.82, 2.24) is 0 Å². The molecule has 0 saturated heterocycles. The molecule has 0 aliphatic heterocycles. The Morgan fingerprint density at radius 3 is 2.45 bits per heavy atom. The van der Waals surface area contributed by atoms with Crippen molar-refractivity contribution < 1.29 is 34.4 Å². The molecule has 0 unspecified atom stereocenters. The highest BCUT2D eigenvalue weighted by Gasteiger charge is 2.47. The Kier molecular flexibility index (Phi) is 6.82. The van der Waals surface area contributed by atoms with Gasteiger partial charge in [0, 0.05) is 40.7 Å². The normalized spacial score (nSPS) is 20.9. The average Bonchev–Trinajstić information content (AvgIpc) is 2.77. The van der Waals surface area contributed by atoms with Crippen LogP contribution in [0, 0.1) is 0 Å². The number of hydrogen-bond acceptors (Lipinski definition) is 9. The molecule has 0 radical (unpaired) electrons. The van der Waals surface area contributed by atoms with Crippen LogP contribution in [0.4, 0.5) is 0 Å². The molecule has 8 nitrogen and oxygen atoms in total. The summed E-state index contributed by atoms with van der Waals surface area (Å²) in [6.45, 7) is 1.57. The predicted molar refractivity (Wildman–Crippen MR) is 125 cm³/mol. The number of methoxy groups -OCH3 is 1. The third kappa shape index (κ3) is 3.69. The van der Waals surface area contributed by atoms with Crippen molar-refractivity contribution in [2.75, 3.05) is 19.4 Å². The Morgan fingerprint density at radius 1 is 1.18 bits per heavy atom. The van der Waals surface area contributed by atoms with Crippen LogP contribution in [0.3, 0.4) is 0 Å². The number of aromatic hydroxyl groups is 2. The van der Waals surface area contributed by atoms with E-state index in [1.807, 2.05) is 0 Å². The number of rotatable bonds is 5. The molecule has 0 fully saturated rings. The molecule has 10 heteroatoms. The second-order valence-corrected chi connectivity index (χ2v) is 9.31. The van der Waals surface area contributed by atoms with E-state index >= 15 is 0 Å². The van der Waals surface area contributed by atoms with Crippen LogP contribution in [0.25, 0.3) is 0 Å². The number of halogens is 1. The Balaban J connectivity index is 0.00000306. The van der Waals surface area contributed by atoms with Gasteiger partial charge in [-0.3, -0.25) is 14.4 Å². The predicted octanol–water partition coefficient (Wildman–Crippen LogP) is 2.30. The molecule has 2 aromatic carbocycles. The lowest BCUT2D eigenvalue weighted by Gasteiger charge is -2.38. The van der Waals surface area contributed by atoms with Gasteiger partial charge in [-0.15, -0.1) is 12.4 Å². The number of Topliss-reactive ketones (excluding diaryl/α,β-unsaturated/α-hetero) is 1. The number of carbonyl (C=O) groups excluding carboxylic acids is 3. The third-order valence-electron chi connectivity index (χ3n) is 6.17. The molecular formula is C23H24ClNO7S. The molecule has 33 heavy (non-hydrogen) atoms. The minimum Gasteiger partial charge on any atom is -0.507 e. The minimum absolute atomic E-state index is 0. The SMILES string of the molecule is COc1cccc2c1C(=O)c1c(O)c3c(c(O)c1C2=O)C[C@@](O)(C(C)=O)C[C@@H]3SCCN.Cl. The monoisotopic (exact) mass is 493 g/mol. The van der Waals surface area contributed by atoms with Gasteiger partial charge in [-0.2, -0.15) is 11.8 Å². The second kappa shape index (κ2) is 8.98. The molecule has 0 spiro atoms. The minimum atomic E-state index is -1.78. The fraction of sp³-hybridized carbons (Fsp3) is 0.348. The zero-order chi connectivity index (χ0) is 23.4. The van der Waals surface area contributed by atoms with Gasteiger partial charge in [0.1, 0.15) is 22.8 Å². The van der Waals surface area contributed by atoms with Crippen LogP contribution < -0.4 is 10.5 Å². The number of benzene rings is 2. The smallest absolute Gasteiger partial charge is 0.202 e. The molecule has 0 amide bonds. The number of phenolic OH excluding ortho intramolecular Hbond substituents is 2. The fourth-order valence-corrected chi connectivity index (χ4v) is 5.77. The molecule has 5 N–H and O–H groups in total. The van der Waals surface area contributed by atoms with Gasteiger partial charge in [0.2, 0.25) is 5.78 Å². The molecule has 0 aromatic heterocycles. The van der Waals surface area contributed by atoms with Crippen molar-refractivity contribution in [3.63, 3.8) is 0 Å². The second-order valence-electron chi connectivity index (χ2n) is 8.00. The van der Waals surface area contributed by atoms with E-state index in [2.05, 4.69) is 0 Å². The first-order valence-corrected chi connectivity index (χ1v) is 11.1. The van der Waals surface area contributed by atoms with Crippen LogP contribution in [0.2, 0.25) is 0 Å². The van der Waals surface area contributed by atoms with Crippen LogP contribution in [-0.4, -0.2) is 57.7 Å². The lowest BCUT2D eigenvalue weighted by Crippen LogP contribution is -2.44. The van der Waals surface area contributed by atoms with E-state index in [4.69, 9.17) is 10.5 Å². The van der Waals surface area contributed by atoms with E-state index in [0.717, 1.165) is 0 Å². The highest BCUT2D eigenvalue weighted by Crippen LogP contribution is 2.54. The van der Waals surface area contributed by atoms with E-state index in [1.165, 1.54) is 37.9 Å². The quantitative estimate of drug-likeness (QED) is 0.393. The van der Waals surface area contributed by atoms with Crippen molar-refractivity contribution >= 4 is 41.5 Å². The summed E-state index contributed by atoms with van der Waals surface area (Å²) in [6, 6.07) is 4.54. The number of ketones is 3. The van der Waals surface area contributed by atoms with Gasteiger partial charge < -0.3 is 25.8 Å². The van der Waals surface area contributed by atoms with Crippen LogP contribution in [0.1, 0.15) is 61.6 Å². The van der Waals surface area contributed by atoms with E-state index in [0.29, 0.717) is 12.3 Å². The Labute approximate surface area is 200 Å². The fourth-order valence-electron chi connectivity index (χ4n) is 4.54. The molecular weight excluding hydrogens is 470 g/mol. The molecule has 2 aliphatic rings. The lowest BCUT2D eigenvalue weighted by molar-refractivity contribution is -0.136. The first-order chi connectivity index (χ1) is 15.2. The summed E-state index contributed by atoms with van der Waals surface area (Å²) in [4.78, 5) is 38.9. The van der Waals surface area contributed by atoms with Crippen molar-refractivity contribution in [2.45, 2.75) is 30.6 Å². The topological polar surface area (TPSA) is 147 Å². The van der Waals surface area contributed by atoms with Gasteiger partial charge >= 0.3 is 0 Å².